The fraction of sp³-hybridized carbons (Fsp3) is 0.556. The van der Waals surface area contributed by atoms with E-state index in [4.69, 9.17) is 4.74 Å². The van der Waals surface area contributed by atoms with E-state index in [1.807, 2.05) is 13.8 Å². The molecule has 0 saturated carbocycles. The van der Waals surface area contributed by atoms with E-state index in [1.165, 1.54) is 18.7 Å². The van der Waals surface area contributed by atoms with Crippen LogP contribution in [-0.2, 0) is 4.79 Å². The zero-order valence-electron chi connectivity index (χ0n) is 14.5. The molecule has 2 rings (SSSR count). The molecule has 3 atom stereocenters. The van der Waals surface area contributed by atoms with Crippen LogP contribution in [0.25, 0.3) is 0 Å². The number of amides is 1. The molecule has 1 aromatic carbocycles. The number of ketones is 1. The Labute approximate surface area is 142 Å². The van der Waals surface area contributed by atoms with E-state index in [-0.39, 0.29) is 30.1 Å². The quantitative estimate of drug-likeness (QED) is 0.769. The van der Waals surface area contributed by atoms with E-state index < -0.39 is 11.8 Å². The van der Waals surface area contributed by atoms with Crippen molar-refractivity contribution in [1.29, 1.82) is 0 Å². The Balaban J connectivity index is 1.90. The third-order valence-corrected chi connectivity index (χ3v) is 4.52. The van der Waals surface area contributed by atoms with Crippen molar-refractivity contribution in [2.75, 3.05) is 13.2 Å². The molecule has 6 nitrogen and oxygen atoms in total. The molecule has 2 N–H and O–H groups in total. The topological polar surface area (TPSA) is 87.1 Å². The number of hydrogen-bond acceptors (Lipinski definition) is 5. The molecule has 1 aromatic rings. The van der Waals surface area contributed by atoms with Crippen LogP contribution >= 0.6 is 0 Å². The average Bonchev–Trinajstić information content (AvgIpc) is 2.71. The number of aliphatic hydroxyl groups is 2. The van der Waals surface area contributed by atoms with Gasteiger partial charge in [0.05, 0.1) is 6.54 Å². The van der Waals surface area contributed by atoms with Gasteiger partial charge < -0.3 is 19.8 Å². The lowest BCUT2D eigenvalue weighted by atomic mass is 9.97. The van der Waals surface area contributed by atoms with Crippen LogP contribution in [0, 0.1) is 11.8 Å². The van der Waals surface area contributed by atoms with Crippen molar-refractivity contribution in [2.45, 2.75) is 39.5 Å². The van der Waals surface area contributed by atoms with Crippen LogP contribution in [0.2, 0.25) is 0 Å². The fourth-order valence-electron chi connectivity index (χ4n) is 2.72. The number of hydrogen-bond donors (Lipinski definition) is 2. The first kappa shape index (κ1) is 18.4. The molecular formula is C18H25NO5. The Morgan fingerprint density at radius 2 is 1.83 bits per heavy atom. The second kappa shape index (κ2) is 6.91. The molecule has 1 aliphatic heterocycles. The van der Waals surface area contributed by atoms with Gasteiger partial charge in [0.15, 0.2) is 5.78 Å². The number of ether oxygens (including phenoxy) is 1. The first-order valence-corrected chi connectivity index (χ1v) is 8.11. The van der Waals surface area contributed by atoms with Crippen LogP contribution in [-0.4, -0.2) is 51.8 Å². The van der Waals surface area contributed by atoms with Gasteiger partial charge in [0.2, 0.25) is 5.91 Å². The number of likely N-dealkylation sites (tertiary alicyclic amines) is 1. The Bertz CT molecular complexity index is 605. The number of nitrogens with zero attached hydrogens (tertiary/aromatic N) is 1. The van der Waals surface area contributed by atoms with Crippen molar-refractivity contribution in [2.24, 2.45) is 11.8 Å². The number of rotatable bonds is 6. The monoisotopic (exact) mass is 335 g/mol. The molecule has 0 aromatic heterocycles. The van der Waals surface area contributed by atoms with E-state index in [0.29, 0.717) is 17.9 Å². The van der Waals surface area contributed by atoms with Gasteiger partial charge in [-0.25, -0.2) is 0 Å². The molecule has 0 bridgehead atoms. The van der Waals surface area contributed by atoms with Gasteiger partial charge in [-0.1, -0.05) is 13.8 Å². The Morgan fingerprint density at radius 3 is 2.29 bits per heavy atom. The van der Waals surface area contributed by atoms with Crippen LogP contribution in [0.5, 0.6) is 5.75 Å². The average molecular weight is 335 g/mol. The van der Waals surface area contributed by atoms with Crippen molar-refractivity contribution in [3.63, 3.8) is 0 Å². The highest BCUT2D eigenvalue weighted by Gasteiger charge is 2.41. The number of carbonyl (C=O) groups is 2. The van der Waals surface area contributed by atoms with Gasteiger partial charge in [-0.15, -0.1) is 0 Å². The SMILES string of the molecule is CC1C(=O)N(CCOc2ccc(C(=O)C(C)(C)O)cc2)C(O)C1C. The zero-order valence-corrected chi connectivity index (χ0v) is 14.5. The summed E-state index contributed by atoms with van der Waals surface area (Å²) >= 11 is 0. The second-order valence-corrected chi connectivity index (χ2v) is 6.85. The first-order valence-electron chi connectivity index (χ1n) is 8.11. The molecule has 0 spiro atoms. The van der Waals surface area contributed by atoms with E-state index >= 15 is 0 Å². The Hall–Kier alpha value is -1.92. The summed E-state index contributed by atoms with van der Waals surface area (Å²) in [4.78, 5) is 25.4. The molecule has 1 heterocycles. The van der Waals surface area contributed by atoms with E-state index in [2.05, 4.69) is 0 Å². The minimum Gasteiger partial charge on any atom is -0.492 e. The summed E-state index contributed by atoms with van der Waals surface area (Å²) in [7, 11) is 0. The summed E-state index contributed by atoms with van der Waals surface area (Å²) in [5, 5.41) is 19.8. The predicted molar refractivity (Wildman–Crippen MR) is 88.6 cm³/mol. The fourth-order valence-corrected chi connectivity index (χ4v) is 2.72. The standard InChI is InChI=1S/C18H25NO5/c1-11-12(2)17(22)19(16(11)21)9-10-24-14-7-5-13(6-8-14)15(20)18(3,4)23/h5-8,11-12,16,21,23H,9-10H2,1-4H3. The van der Waals surface area contributed by atoms with Crippen molar-refractivity contribution in [3.8, 4) is 5.75 Å². The molecule has 1 saturated heterocycles. The first-order chi connectivity index (χ1) is 11.1. The number of benzene rings is 1. The Kier molecular flexibility index (Phi) is 5.30. The van der Waals surface area contributed by atoms with Crippen LogP contribution in [0.1, 0.15) is 38.1 Å². The van der Waals surface area contributed by atoms with Crippen LogP contribution in [0.15, 0.2) is 24.3 Å². The molecule has 1 aliphatic rings. The molecule has 1 amide bonds. The minimum absolute atomic E-state index is 0.0651. The predicted octanol–water partition coefficient (Wildman–Crippen LogP) is 1.45. The lowest BCUT2D eigenvalue weighted by Gasteiger charge is -2.22. The lowest BCUT2D eigenvalue weighted by molar-refractivity contribution is -0.135. The summed E-state index contributed by atoms with van der Waals surface area (Å²) in [6.45, 7) is 7.11. The minimum atomic E-state index is -1.41. The van der Waals surface area contributed by atoms with E-state index in [1.54, 1.807) is 24.3 Å². The summed E-state index contributed by atoms with van der Waals surface area (Å²) in [5.74, 6) is -0.145. The summed E-state index contributed by atoms with van der Waals surface area (Å²) in [6.07, 6.45) is -0.775. The van der Waals surface area contributed by atoms with Crippen molar-refractivity contribution >= 4 is 11.7 Å². The van der Waals surface area contributed by atoms with Crippen LogP contribution < -0.4 is 4.74 Å². The maximum atomic E-state index is 12.0. The number of Topliss-reactive ketones (excluding diaryl/α,β-unsaturated/α-hetero) is 1. The van der Waals surface area contributed by atoms with Gasteiger partial charge in [-0.3, -0.25) is 9.59 Å². The number of carbonyl (C=O) groups excluding carboxylic acids is 2. The normalized spacial score (nSPS) is 24.3. The molecule has 6 heteroatoms. The van der Waals surface area contributed by atoms with E-state index in [9.17, 15) is 19.8 Å². The Morgan fingerprint density at radius 1 is 1.25 bits per heavy atom. The zero-order chi connectivity index (χ0) is 18.1. The maximum Gasteiger partial charge on any atom is 0.227 e. The highest BCUT2D eigenvalue weighted by atomic mass is 16.5. The largest absolute Gasteiger partial charge is 0.492 e. The highest BCUT2D eigenvalue weighted by molar-refractivity contribution is 6.01. The summed E-state index contributed by atoms with van der Waals surface area (Å²) in [6, 6.07) is 6.48. The third kappa shape index (κ3) is 3.76. The summed E-state index contributed by atoms with van der Waals surface area (Å²) < 4.78 is 5.58. The van der Waals surface area contributed by atoms with Crippen molar-refractivity contribution in [1.82, 2.24) is 4.90 Å². The van der Waals surface area contributed by atoms with E-state index in [0.717, 1.165) is 0 Å². The van der Waals surface area contributed by atoms with Crippen molar-refractivity contribution < 1.29 is 24.5 Å². The highest BCUT2D eigenvalue weighted by Crippen LogP contribution is 2.28. The van der Waals surface area contributed by atoms with Gasteiger partial charge in [0.1, 0.15) is 24.2 Å². The second-order valence-electron chi connectivity index (χ2n) is 6.85. The van der Waals surface area contributed by atoms with Gasteiger partial charge in [-0.2, -0.15) is 0 Å². The molecule has 0 aliphatic carbocycles. The smallest absolute Gasteiger partial charge is 0.227 e. The molecule has 3 unspecified atom stereocenters. The number of aliphatic hydroxyl groups excluding tert-OH is 1. The van der Waals surface area contributed by atoms with Gasteiger partial charge in [0, 0.05) is 17.4 Å². The van der Waals surface area contributed by atoms with Gasteiger partial charge >= 0.3 is 0 Å². The molecule has 132 valence electrons. The lowest BCUT2D eigenvalue weighted by Crippen LogP contribution is -2.37. The van der Waals surface area contributed by atoms with Crippen LogP contribution in [0.4, 0.5) is 0 Å². The van der Waals surface area contributed by atoms with Gasteiger partial charge in [0.25, 0.3) is 0 Å². The molecule has 24 heavy (non-hydrogen) atoms. The molecular weight excluding hydrogens is 310 g/mol. The summed E-state index contributed by atoms with van der Waals surface area (Å²) in [5.41, 5.74) is -1.01. The van der Waals surface area contributed by atoms with Crippen LogP contribution in [0.3, 0.4) is 0 Å². The third-order valence-electron chi connectivity index (χ3n) is 4.52. The maximum absolute atomic E-state index is 12.0. The molecule has 1 fully saturated rings. The van der Waals surface area contributed by atoms with Crippen molar-refractivity contribution in [3.05, 3.63) is 29.8 Å². The van der Waals surface area contributed by atoms with Gasteiger partial charge in [-0.05, 0) is 38.1 Å². The molecule has 0 radical (unpaired) electrons.